The Kier molecular flexibility index (Phi) is 4.06. The van der Waals surface area contributed by atoms with Crippen LogP contribution in [0.5, 0.6) is 0 Å². The number of morpholine rings is 1. The third-order valence-electron chi connectivity index (χ3n) is 3.00. The van der Waals surface area contributed by atoms with Gasteiger partial charge in [-0.1, -0.05) is 11.6 Å². The van der Waals surface area contributed by atoms with Gasteiger partial charge in [-0.3, -0.25) is 5.41 Å². The SMILES string of the molecule is N=C(N)c1ccc(Cl)cc1N1CCOCC1CO. The van der Waals surface area contributed by atoms with Crippen LogP contribution in [0.3, 0.4) is 0 Å². The Morgan fingerprint density at radius 1 is 1.61 bits per heavy atom. The van der Waals surface area contributed by atoms with Gasteiger partial charge in [0.25, 0.3) is 0 Å². The van der Waals surface area contributed by atoms with E-state index < -0.39 is 0 Å². The summed E-state index contributed by atoms with van der Waals surface area (Å²) in [5.41, 5.74) is 6.98. The minimum Gasteiger partial charge on any atom is -0.394 e. The zero-order valence-corrected chi connectivity index (χ0v) is 10.7. The molecule has 0 spiro atoms. The Morgan fingerprint density at radius 2 is 2.39 bits per heavy atom. The van der Waals surface area contributed by atoms with Crippen LogP contribution >= 0.6 is 11.6 Å². The zero-order valence-electron chi connectivity index (χ0n) is 9.90. The Morgan fingerprint density at radius 3 is 3.06 bits per heavy atom. The van der Waals surface area contributed by atoms with Gasteiger partial charge in [0.05, 0.1) is 25.9 Å². The number of nitrogens with one attached hydrogen (secondary N) is 1. The van der Waals surface area contributed by atoms with E-state index in [0.29, 0.717) is 30.3 Å². The maximum Gasteiger partial charge on any atom is 0.124 e. The molecule has 1 aliphatic rings. The highest BCUT2D eigenvalue weighted by molar-refractivity contribution is 6.31. The Balaban J connectivity index is 2.41. The molecule has 0 saturated carbocycles. The van der Waals surface area contributed by atoms with Gasteiger partial charge in [-0.25, -0.2) is 0 Å². The van der Waals surface area contributed by atoms with Gasteiger partial charge in [-0.05, 0) is 18.2 Å². The van der Waals surface area contributed by atoms with Gasteiger partial charge >= 0.3 is 0 Å². The van der Waals surface area contributed by atoms with Gasteiger partial charge < -0.3 is 20.5 Å². The normalized spacial score (nSPS) is 19.9. The number of hydrogen-bond donors (Lipinski definition) is 3. The molecule has 0 amide bonds. The predicted octanol–water partition coefficient (Wildman–Crippen LogP) is 0.822. The van der Waals surface area contributed by atoms with Crippen molar-refractivity contribution in [3.63, 3.8) is 0 Å². The van der Waals surface area contributed by atoms with Crippen molar-refractivity contribution in [1.82, 2.24) is 0 Å². The van der Waals surface area contributed by atoms with E-state index in [2.05, 4.69) is 0 Å². The Labute approximate surface area is 111 Å². The maximum atomic E-state index is 9.38. The first-order chi connectivity index (χ1) is 8.63. The molecule has 0 aliphatic carbocycles. The monoisotopic (exact) mass is 269 g/mol. The highest BCUT2D eigenvalue weighted by Gasteiger charge is 2.25. The van der Waals surface area contributed by atoms with Crippen molar-refractivity contribution in [1.29, 1.82) is 5.41 Å². The van der Waals surface area contributed by atoms with E-state index in [-0.39, 0.29) is 18.5 Å². The molecule has 1 aliphatic heterocycles. The van der Waals surface area contributed by atoms with Crippen LogP contribution in [0.1, 0.15) is 5.56 Å². The summed E-state index contributed by atoms with van der Waals surface area (Å²) in [6.07, 6.45) is 0. The fourth-order valence-electron chi connectivity index (χ4n) is 2.09. The number of aliphatic hydroxyl groups is 1. The van der Waals surface area contributed by atoms with Crippen molar-refractivity contribution in [2.45, 2.75) is 6.04 Å². The average Bonchev–Trinajstić information content (AvgIpc) is 2.38. The highest BCUT2D eigenvalue weighted by atomic mass is 35.5. The number of nitrogens with zero attached hydrogens (tertiary/aromatic N) is 1. The van der Waals surface area contributed by atoms with Crippen LogP contribution in [0.2, 0.25) is 5.02 Å². The molecule has 0 bridgehead atoms. The molecule has 1 unspecified atom stereocenters. The summed E-state index contributed by atoms with van der Waals surface area (Å²) in [6.45, 7) is 1.68. The molecule has 4 N–H and O–H groups in total. The van der Waals surface area contributed by atoms with Gasteiger partial charge in [0, 0.05) is 22.8 Å². The molecule has 1 aromatic carbocycles. The molecule has 1 aromatic rings. The number of hydrogen-bond acceptors (Lipinski definition) is 4. The highest BCUT2D eigenvalue weighted by Crippen LogP contribution is 2.27. The summed E-state index contributed by atoms with van der Waals surface area (Å²) >= 11 is 6.00. The largest absolute Gasteiger partial charge is 0.394 e. The number of nitrogen functional groups attached to an aromatic ring is 1. The first-order valence-corrected chi connectivity index (χ1v) is 6.10. The topological polar surface area (TPSA) is 82.6 Å². The van der Waals surface area contributed by atoms with Gasteiger partial charge in [-0.15, -0.1) is 0 Å². The zero-order chi connectivity index (χ0) is 13.1. The van der Waals surface area contributed by atoms with E-state index in [1.54, 1.807) is 18.2 Å². The van der Waals surface area contributed by atoms with Crippen LogP contribution in [0.4, 0.5) is 5.69 Å². The van der Waals surface area contributed by atoms with E-state index in [9.17, 15) is 5.11 Å². The molecule has 0 aromatic heterocycles. The molecule has 6 heteroatoms. The molecular weight excluding hydrogens is 254 g/mol. The van der Waals surface area contributed by atoms with Crippen LogP contribution in [-0.2, 0) is 4.74 Å². The Hall–Kier alpha value is -1.30. The molecule has 0 radical (unpaired) electrons. The first-order valence-electron chi connectivity index (χ1n) is 5.72. The molecule has 98 valence electrons. The third kappa shape index (κ3) is 2.58. The van der Waals surface area contributed by atoms with E-state index in [4.69, 9.17) is 27.5 Å². The number of amidine groups is 1. The van der Waals surface area contributed by atoms with E-state index in [0.717, 1.165) is 5.69 Å². The van der Waals surface area contributed by atoms with Crippen LogP contribution in [0, 0.1) is 5.41 Å². The molecule has 1 heterocycles. The van der Waals surface area contributed by atoms with Gasteiger partial charge in [0.15, 0.2) is 0 Å². The lowest BCUT2D eigenvalue weighted by Crippen LogP contribution is -2.48. The second kappa shape index (κ2) is 5.56. The predicted molar refractivity (Wildman–Crippen MR) is 71.5 cm³/mol. The van der Waals surface area contributed by atoms with Crippen LogP contribution in [-0.4, -0.2) is 43.3 Å². The van der Waals surface area contributed by atoms with Gasteiger partial charge in [0.2, 0.25) is 0 Å². The molecule has 1 saturated heterocycles. The van der Waals surface area contributed by atoms with Gasteiger partial charge in [-0.2, -0.15) is 0 Å². The number of ether oxygens (including phenoxy) is 1. The smallest absolute Gasteiger partial charge is 0.124 e. The lowest BCUT2D eigenvalue weighted by molar-refractivity contribution is 0.0727. The first kappa shape index (κ1) is 13.1. The van der Waals surface area contributed by atoms with E-state index >= 15 is 0 Å². The summed E-state index contributed by atoms with van der Waals surface area (Å²) in [5, 5.41) is 17.6. The minimum atomic E-state index is -0.129. The van der Waals surface area contributed by atoms with E-state index in [1.165, 1.54) is 0 Å². The van der Waals surface area contributed by atoms with Crippen molar-refractivity contribution in [3.8, 4) is 0 Å². The summed E-state index contributed by atoms with van der Waals surface area (Å²) in [6, 6.07) is 5.07. The lowest BCUT2D eigenvalue weighted by atomic mass is 10.1. The third-order valence-corrected chi connectivity index (χ3v) is 3.23. The number of anilines is 1. The number of halogens is 1. The molecule has 5 nitrogen and oxygen atoms in total. The van der Waals surface area contributed by atoms with Gasteiger partial charge in [0.1, 0.15) is 5.84 Å². The Bertz CT molecular complexity index is 453. The molecule has 2 rings (SSSR count). The molecular formula is C12H16ClN3O2. The van der Waals surface area contributed by atoms with Crippen molar-refractivity contribution >= 4 is 23.1 Å². The standard InChI is InChI=1S/C12H16ClN3O2/c13-8-1-2-10(12(14)15)11(5-8)16-3-4-18-7-9(16)6-17/h1-2,5,9,17H,3-4,6-7H2,(H3,14,15). The van der Waals surface area contributed by atoms with Crippen molar-refractivity contribution in [3.05, 3.63) is 28.8 Å². The van der Waals surface area contributed by atoms with Crippen LogP contribution in [0.15, 0.2) is 18.2 Å². The number of nitrogens with two attached hydrogens (primary N) is 1. The fourth-order valence-corrected chi connectivity index (χ4v) is 2.26. The van der Waals surface area contributed by atoms with Crippen molar-refractivity contribution in [2.75, 3.05) is 31.3 Å². The van der Waals surface area contributed by atoms with Crippen LogP contribution < -0.4 is 10.6 Å². The van der Waals surface area contributed by atoms with Crippen LogP contribution in [0.25, 0.3) is 0 Å². The summed E-state index contributed by atoms with van der Waals surface area (Å²) in [4.78, 5) is 1.99. The number of benzene rings is 1. The lowest BCUT2D eigenvalue weighted by Gasteiger charge is -2.37. The molecule has 18 heavy (non-hydrogen) atoms. The molecule has 1 atom stereocenters. The summed E-state index contributed by atoms with van der Waals surface area (Å²) in [7, 11) is 0. The summed E-state index contributed by atoms with van der Waals surface area (Å²) < 4.78 is 5.34. The van der Waals surface area contributed by atoms with E-state index in [1.807, 2.05) is 4.90 Å². The maximum absolute atomic E-state index is 9.38. The summed E-state index contributed by atoms with van der Waals surface area (Å²) in [5.74, 6) is -0.00940. The average molecular weight is 270 g/mol. The van der Waals surface area contributed by atoms with Crippen molar-refractivity contribution in [2.24, 2.45) is 5.73 Å². The quantitative estimate of drug-likeness (QED) is 0.560. The second-order valence-corrected chi connectivity index (χ2v) is 4.62. The fraction of sp³-hybridized carbons (Fsp3) is 0.417. The minimum absolute atomic E-state index is 0.00940. The number of aliphatic hydroxyl groups excluding tert-OH is 1. The number of rotatable bonds is 3. The van der Waals surface area contributed by atoms with Crippen molar-refractivity contribution < 1.29 is 9.84 Å². The molecule has 1 fully saturated rings. The second-order valence-electron chi connectivity index (χ2n) is 4.18.